The number of alkyl halides is 3. The van der Waals surface area contributed by atoms with Crippen molar-refractivity contribution >= 4 is 27.9 Å². The summed E-state index contributed by atoms with van der Waals surface area (Å²) >= 11 is 0.930. The zero-order valence-corrected chi connectivity index (χ0v) is 10.1. The Morgan fingerprint density at radius 2 is 2.18 bits per heavy atom. The van der Waals surface area contributed by atoms with Crippen LogP contribution in [0.2, 0.25) is 0 Å². The highest BCUT2D eigenvalue weighted by atomic mass is 32.1. The van der Waals surface area contributed by atoms with Crippen LogP contribution >= 0.6 is 11.3 Å². The highest BCUT2D eigenvalue weighted by molar-refractivity contribution is 7.18. The minimum absolute atomic E-state index is 0.179. The third kappa shape index (κ3) is 3.52. The molecule has 0 saturated heterocycles. The molecule has 1 amide bonds. The summed E-state index contributed by atoms with van der Waals surface area (Å²) in [5, 5.41) is 2.68. The molecule has 0 aliphatic carbocycles. The van der Waals surface area contributed by atoms with Crippen LogP contribution < -0.4 is 16.0 Å². The minimum Gasteiger partial charge on any atom is -0.397 e. The lowest BCUT2D eigenvalue weighted by atomic mass is 10.3. The first-order valence-corrected chi connectivity index (χ1v) is 5.45. The van der Waals surface area contributed by atoms with Crippen LogP contribution in [0.4, 0.5) is 23.9 Å². The number of rotatable bonds is 3. The van der Waals surface area contributed by atoms with Crippen LogP contribution in [-0.2, 0) is 0 Å². The number of amides is 1. The van der Waals surface area contributed by atoms with Gasteiger partial charge in [-0.25, -0.2) is 0 Å². The van der Waals surface area contributed by atoms with Crippen LogP contribution in [0, 0.1) is 0 Å². The normalized spacial score (nSPS) is 11.4. The van der Waals surface area contributed by atoms with E-state index in [1.54, 1.807) is 0 Å². The molecule has 1 rings (SSSR count). The largest absolute Gasteiger partial charge is 0.405 e. The summed E-state index contributed by atoms with van der Waals surface area (Å²) in [6.07, 6.45) is -4.29. The molecule has 0 spiro atoms. The Bertz CT molecular complexity index is 416. The van der Waals surface area contributed by atoms with Gasteiger partial charge in [-0.05, 0) is 6.07 Å². The third-order valence-corrected chi connectivity index (χ3v) is 3.24. The van der Waals surface area contributed by atoms with E-state index in [9.17, 15) is 18.0 Å². The molecule has 96 valence electrons. The smallest absolute Gasteiger partial charge is 0.397 e. The first-order valence-electron chi connectivity index (χ1n) is 4.64. The van der Waals surface area contributed by atoms with Crippen LogP contribution in [0.5, 0.6) is 0 Å². The fourth-order valence-electron chi connectivity index (χ4n) is 1.22. The maximum Gasteiger partial charge on any atom is 0.405 e. The van der Waals surface area contributed by atoms with Gasteiger partial charge in [0.1, 0.15) is 11.4 Å². The number of carbonyl (C=O) groups excluding carboxylic acids is 1. The lowest BCUT2D eigenvalue weighted by Crippen LogP contribution is -2.30. The van der Waals surface area contributed by atoms with E-state index in [0.717, 1.165) is 16.2 Å². The first kappa shape index (κ1) is 13.6. The van der Waals surface area contributed by atoms with Crippen LogP contribution in [0.25, 0.3) is 0 Å². The number of hydrogen-bond donors (Lipinski definition) is 2. The van der Waals surface area contributed by atoms with Crippen molar-refractivity contribution in [2.24, 2.45) is 0 Å². The summed E-state index contributed by atoms with van der Waals surface area (Å²) in [5.41, 5.74) is 5.74. The topological polar surface area (TPSA) is 58.4 Å². The third-order valence-electron chi connectivity index (χ3n) is 1.97. The number of nitrogen functional groups attached to an aromatic ring is 1. The summed E-state index contributed by atoms with van der Waals surface area (Å²) in [4.78, 5) is 12.6. The second-order valence-electron chi connectivity index (χ2n) is 3.42. The van der Waals surface area contributed by atoms with E-state index in [0.29, 0.717) is 5.00 Å². The summed E-state index contributed by atoms with van der Waals surface area (Å²) in [7, 11) is 2.73. The monoisotopic (exact) mass is 267 g/mol. The Morgan fingerprint density at radius 3 is 2.65 bits per heavy atom. The van der Waals surface area contributed by atoms with E-state index in [4.69, 9.17) is 5.73 Å². The number of thiophene rings is 1. The molecule has 4 nitrogen and oxygen atoms in total. The van der Waals surface area contributed by atoms with Gasteiger partial charge >= 0.3 is 6.18 Å². The van der Waals surface area contributed by atoms with Crippen molar-refractivity contribution in [3.05, 3.63) is 10.9 Å². The number of carbonyl (C=O) groups is 1. The molecule has 0 unspecified atom stereocenters. The Kier molecular flexibility index (Phi) is 3.87. The van der Waals surface area contributed by atoms with Gasteiger partial charge in [0.15, 0.2) is 0 Å². The van der Waals surface area contributed by atoms with Crippen LogP contribution in [0.1, 0.15) is 9.67 Å². The first-order chi connectivity index (χ1) is 7.74. The quantitative estimate of drug-likeness (QED) is 0.876. The van der Waals surface area contributed by atoms with Gasteiger partial charge in [-0.2, -0.15) is 13.2 Å². The highest BCUT2D eigenvalue weighted by Gasteiger charge is 2.30. The van der Waals surface area contributed by atoms with Gasteiger partial charge in [0, 0.05) is 14.1 Å². The molecular weight excluding hydrogens is 255 g/mol. The average molecular weight is 267 g/mol. The molecule has 0 bridgehead atoms. The lowest BCUT2D eigenvalue weighted by Gasteiger charge is -2.18. The average Bonchev–Trinajstić information content (AvgIpc) is 2.57. The molecule has 1 aromatic heterocycles. The molecule has 0 saturated carbocycles. The van der Waals surface area contributed by atoms with E-state index in [1.165, 1.54) is 20.2 Å². The number of nitrogens with zero attached hydrogens (tertiary/aromatic N) is 1. The molecule has 8 heteroatoms. The van der Waals surface area contributed by atoms with Crippen molar-refractivity contribution in [1.29, 1.82) is 0 Å². The second-order valence-corrected chi connectivity index (χ2v) is 4.45. The Morgan fingerprint density at radius 1 is 1.59 bits per heavy atom. The standard InChI is InChI=1S/C9H12F3N3OS/c1-14-8(16)7-5(13)3-6(17-7)15(2)4-9(10,11)12/h3H,4,13H2,1-2H3,(H,14,16). The predicted octanol–water partition coefficient (Wildman–Crippen LogP) is 1.69. The van der Waals surface area contributed by atoms with Crippen molar-refractivity contribution < 1.29 is 18.0 Å². The minimum atomic E-state index is -4.29. The molecule has 0 fully saturated rings. The number of halogens is 3. The van der Waals surface area contributed by atoms with Gasteiger partial charge in [0.05, 0.1) is 10.7 Å². The number of nitrogens with one attached hydrogen (secondary N) is 1. The molecular formula is C9H12F3N3OS. The molecule has 0 atom stereocenters. The van der Waals surface area contributed by atoms with Crippen LogP contribution in [0.15, 0.2) is 6.07 Å². The molecule has 17 heavy (non-hydrogen) atoms. The highest BCUT2D eigenvalue weighted by Crippen LogP contribution is 2.32. The summed E-state index contributed by atoms with van der Waals surface area (Å²) in [5.74, 6) is -0.404. The molecule has 0 aromatic carbocycles. The number of nitrogens with two attached hydrogens (primary N) is 1. The fraction of sp³-hybridized carbons (Fsp3) is 0.444. The second kappa shape index (κ2) is 4.82. The summed E-state index contributed by atoms with van der Waals surface area (Å²) in [6, 6.07) is 1.36. The number of hydrogen-bond acceptors (Lipinski definition) is 4. The summed E-state index contributed by atoms with van der Waals surface area (Å²) < 4.78 is 36.5. The predicted molar refractivity (Wildman–Crippen MR) is 61.4 cm³/mol. The van der Waals surface area contributed by atoms with Crippen molar-refractivity contribution in [2.75, 3.05) is 31.3 Å². The van der Waals surface area contributed by atoms with E-state index in [2.05, 4.69) is 5.32 Å². The SMILES string of the molecule is CNC(=O)c1sc(N(C)CC(F)(F)F)cc1N. The Hall–Kier alpha value is -1.44. The number of anilines is 2. The van der Waals surface area contributed by atoms with Gasteiger partial charge in [0.2, 0.25) is 0 Å². The van der Waals surface area contributed by atoms with Crippen LogP contribution in [-0.4, -0.2) is 32.7 Å². The Balaban J connectivity index is 2.90. The Labute approximate surface area is 100 Å². The van der Waals surface area contributed by atoms with Gasteiger partial charge < -0.3 is 16.0 Å². The maximum atomic E-state index is 12.2. The van der Waals surface area contributed by atoms with Crippen molar-refractivity contribution in [3.63, 3.8) is 0 Å². The van der Waals surface area contributed by atoms with Crippen LogP contribution in [0.3, 0.4) is 0 Å². The molecule has 1 aromatic rings. The molecule has 0 aliphatic heterocycles. The van der Waals surface area contributed by atoms with Gasteiger partial charge in [-0.15, -0.1) is 11.3 Å². The summed E-state index contributed by atoms with van der Waals surface area (Å²) in [6.45, 7) is -1.08. The van der Waals surface area contributed by atoms with Gasteiger partial charge in [-0.3, -0.25) is 4.79 Å². The van der Waals surface area contributed by atoms with Gasteiger partial charge in [0.25, 0.3) is 5.91 Å². The van der Waals surface area contributed by atoms with Crippen molar-refractivity contribution in [2.45, 2.75) is 6.18 Å². The van der Waals surface area contributed by atoms with Crippen molar-refractivity contribution in [1.82, 2.24) is 5.32 Å². The zero-order valence-electron chi connectivity index (χ0n) is 9.26. The molecule has 0 aliphatic rings. The van der Waals surface area contributed by atoms with E-state index in [1.807, 2.05) is 0 Å². The zero-order chi connectivity index (χ0) is 13.2. The van der Waals surface area contributed by atoms with E-state index >= 15 is 0 Å². The molecule has 3 N–H and O–H groups in total. The van der Waals surface area contributed by atoms with Crippen molar-refractivity contribution in [3.8, 4) is 0 Å². The molecule has 0 radical (unpaired) electrons. The molecule has 1 heterocycles. The fourth-order valence-corrected chi connectivity index (χ4v) is 2.20. The van der Waals surface area contributed by atoms with E-state index in [-0.39, 0.29) is 10.6 Å². The van der Waals surface area contributed by atoms with E-state index < -0.39 is 18.6 Å². The lowest BCUT2D eigenvalue weighted by molar-refractivity contribution is -0.119. The van der Waals surface area contributed by atoms with Gasteiger partial charge in [-0.1, -0.05) is 0 Å². The maximum absolute atomic E-state index is 12.2.